The molecule has 2 aliphatic rings. The number of benzene rings is 1. The van der Waals surface area contributed by atoms with E-state index < -0.39 is 0 Å². The molecule has 2 nitrogen and oxygen atoms in total. The number of anilines is 1. The van der Waals surface area contributed by atoms with Gasteiger partial charge >= 0.3 is 0 Å². The van der Waals surface area contributed by atoms with E-state index in [-0.39, 0.29) is 0 Å². The van der Waals surface area contributed by atoms with Gasteiger partial charge in [-0.25, -0.2) is 0 Å². The molecule has 0 bridgehead atoms. The Bertz CT molecular complexity index is 401. The number of fused-ring (bicyclic) bond motifs is 1. The summed E-state index contributed by atoms with van der Waals surface area (Å²) in [6, 6.07) is 6.72. The lowest BCUT2D eigenvalue weighted by Crippen LogP contribution is -2.38. The molecule has 1 aromatic rings. The van der Waals surface area contributed by atoms with Gasteiger partial charge in [0.2, 0.25) is 0 Å². The highest BCUT2D eigenvalue weighted by Crippen LogP contribution is 2.36. The molecule has 17 heavy (non-hydrogen) atoms. The van der Waals surface area contributed by atoms with Gasteiger partial charge in [0.25, 0.3) is 0 Å². The van der Waals surface area contributed by atoms with Gasteiger partial charge in [0.15, 0.2) is 0 Å². The first-order valence-electron chi connectivity index (χ1n) is 6.52. The third kappa shape index (κ3) is 2.44. The zero-order valence-corrected chi connectivity index (χ0v) is 11.5. The highest BCUT2D eigenvalue weighted by molar-refractivity contribution is 9.10. The van der Waals surface area contributed by atoms with Crippen LogP contribution in [0.2, 0.25) is 0 Å². The van der Waals surface area contributed by atoms with Crippen LogP contribution in [-0.2, 0) is 0 Å². The Morgan fingerprint density at radius 2 is 2.00 bits per heavy atom. The molecule has 0 radical (unpaired) electrons. The summed E-state index contributed by atoms with van der Waals surface area (Å²) in [6.07, 6.45) is 6.89. The summed E-state index contributed by atoms with van der Waals surface area (Å²) in [7, 11) is 0. The number of rotatable bonds is 1. The van der Waals surface area contributed by atoms with Crippen LogP contribution in [0.5, 0.6) is 5.75 Å². The van der Waals surface area contributed by atoms with E-state index in [9.17, 15) is 0 Å². The summed E-state index contributed by atoms with van der Waals surface area (Å²) in [5.41, 5.74) is 1.15. The molecule has 0 aromatic heterocycles. The van der Waals surface area contributed by atoms with Crippen LogP contribution in [0.3, 0.4) is 0 Å². The molecule has 1 atom stereocenters. The Balaban J connectivity index is 1.73. The van der Waals surface area contributed by atoms with Gasteiger partial charge in [0.1, 0.15) is 12.4 Å². The number of hydrogen-bond acceptors (Lipinski definition) is 2. The van der Waals surface area contributed by atoms with E-state index in [1.165, 1.54) is 32.1 Å². The topological polar surface area (TPSA) is 21.3 Å². The van der Waals surface area contributed by atoms with E-state index in [2.05, 4.69) is 33.4 Å². The van der Waals surface area contributed by atoms with Crippen LogP contribution in [0.15, 0.2) is 22.7 Å². The minimum Gasteiger partial charge on any atom is -0.489 e. The lowest BCUT2D eigenvalue weighted by atomic mass is 9.83. The van der Waals surface area contributed by atoms with Crippen molar-refractivity contribution in [3.8, 4) is 5.75 Å². The van der Waals surface area contributed by atoms with E-state index in [4.69, 9.17) is 4.74 Å². The zero-order chi connectivity index (χ0) is 11.7. The van der Waals surface area contributed by atoms with Crippen molar-refractivity contribution in [3.05, 3.63) is 22.7 Å². The quantitative estimate of drug-likeness (QED) is 0.838. The first-order valence-corrected chi connectivity index (χ1v) is 7.31. The highest BCUT2D eigenvalue weighted by Gasteiger charge is 2.27. The van der Waals surface area contributed by atoms with Crippen molar-refractivity contribution in [1.29, 1.82) is 0 Å². The fourth-order valence-electron chi connectivity index (χ4n) is 2.95. The highest BCUT2D eigenvalue weighted by atomic mass is 79.9. The van der Waals surface area contributed by atoms with Gasteiger partial charge in [-0.3, -0.25) is 0 Å². The largest absolute Gasteiger partial charge is 0.489 e. The zero-order valence-electron chi connectivity index (χ0n) is 9.92. The minimum absolute atomic E-state index is 0.504. The molecule has 92 valence electrons. The molecule has 1 heterocycles. The van der Waals surface area contributed by atoms with E-state index in [0.717, 1.165) is 28.4 Å². The Labute approximate surface area is 111 Å². The second-order valence-corrected chi connectivity index (χ2v) is 6.02. The smallest absolute Gasteiger partial charge is 0.143 e. The summed E-state index contributed by atoms with van der Waals surface area (Å²) in [5.74, 6) is 1.77. The van der Waals surface area contributed by atoms with Gasteiger partial charge in [-0.1, -0.05) is 35.2 Å². The predicted octanol–water partition coefficient (Wildman–Crippen LogP) is 4.20. The average molecular weight is 296 g/mol. The lowest BCUT2D eigenvalue weighted by molar-refractivity contribution is 0.214. The number of halogens is 1. The summed E-state index contributed by atoms with van der Waals surface area (Å²) >= 11 is 3.47. The van der Waals surface area contributed by atoms with Crippen LogP contribution in [-0.4, -0.2) is 12.6 Å². The van der Waals surface area contributed by atoms with Gasteiger partial charge in [-0.05, 0) is 37.0 Å². The second-order valence-electron chi connectivity index (χ2n) is 5.10. The van der Waals surface area contributed by atoms with Crippen molar-refractivity contribution < 1.29 is 4.74 Å². The lowest BCUT2D eigenvalue weighted by Gasteiger charge is -2.35. The van der Waals surface area contributed by atoms with Crippen molar-refractivity contribution in [2.75, 3.05) is 11.9 Å². The molecular formula is C14H18BrNO. The van der Waals surface area contributed by atoms with Crippen LogP contribution in [0.1, 0.15) is 32.1 Å². The Kier molecular flexibility index (Phi) is 3.28. The van der Waals surface area contributed by atoms with Crippen LogP contribution < -0.4 is 10.1 Å². The SMILES string of the molecule is Brc1ccc2c(c1)OCC(C1CCCCC1)N2. The van der Waals surface area contributed by atoms with Crippen LogP contribution in [0.25, 0.3) is 0 Å². The van der Waals surface area contributed by atoms with Gasteiger partial charge in [-0.15, -0.1) is 0 Å². The fourth-order valence-corrected chi connectivity index (χ4v) is 3.29. The van der Waals surface area contributed by atoms with Crippen molar-refractivity contribution in [2.24, 2.45) is 5.92 Å². The molecule has 3 rings (SSSR count). The van der Waals surface area contributed by atoms with Crippen LogP contribution in [0.4, 0.5) is 5.69 Å². The molecular weight excluding hydrogens is 278 g/mol. The average Bonchev–Trinajstić information content (AvgIpc) is 2.39. The maximum Gasteiger partial charge on any atom is 0.143 e. The normalized spacial score (nSPS) is 24.6. The van der Waals surface area contributed by atoms with Gasteiger partial charge < -0.3 is 10.1 Å². The van der Waals surface area contributed by atoms with E-state index in [1.807, 2.05) is 6.07 Å². The molecule has 1 unspecified atom stereocenters. The first kappa shape index (κ1) is 11.4. The Hall–Kier alpha value is -0.700. The Morgan fingerprint density at radius 3 is 2.82 bits per heavy atom. The van der Waals surface area contributed by atoms with E-state index in [1.54, 1.807) is 0 Å². The number of ether oxygens (including phenoxy) is 1. The van der Waals surface area contributed by atoms with Crippen LogP contribution in [0, 0.1) is 5.92 Å². The molecule has 0 saturated heterocycles. The second kappa shape index (κ2) is 4.89. The molecule has 1 N–H and O–H groups in total. The van der Waals surface area contributed by atoms with Crippen molar-refractivity contribution in [1.82, 2.24) is 0 Å². The third-order valence-electron chi connectivity index (χ3n) is 3.92. The maximum absolute atomic E-state index is 5.88. The standard InChI is InChI=1S/C14H18BrNO/c15-11-6-7-12-14(8-11)17-9-13(16-12)10-4-2-1-3-5-10/h6-8,10,13,16H,1-5,9H2. The minimum atomic E-state index is 0.504. The van der Waals surface area contributed by atoms with Gasteiger partial charge in [-0.2, -0.15) is 0 Å². The molecule has 1 aromatic carbocycles. The number of hydrogen-bond donors (Lipinski definition) is 1. The van der Waals surface area contributed by atoms with E-state index >= 15 is 0 Å². The molecule has 1 saturated carbocycles. The summed E-state index contributed by atoms with van der Waals surface area (Å²) < 4.78 is 6.96. The fraction of sp³-hybridized carbons (Fsp3) is 0.571. The molecule has 1 aliphatic heterocycles. The first-order chi connectivity index (χ1) is 8.33. The molecule has 1 aliphatic carbocycles. The molecule has 3 heteroatoms. The van der Waals surface area contributed by atoms with Crippen molar-refractivity contribution in [3.63, 3.8) is 0 Å². The third-order valence-corrected chi connectivity index (χ3v) is 4.42. The summed E-state index contributed by atoms with van der Waals surface area (Å²) in [5, 5.41) is 3.65. The maximum atomic E-state index is 5.88. The van der Waals surface area contributed by atoms with E-state index in [0.29, 0.717) is 6.04 Å². The van der Waals surface area contributed by atoms with Crippen LogP contribution >= 0.6 is 15.9 Å². The molecule has 0 spiro atoms. The molecule has 1 fully saturated rings. The van der Waals surface area contributed by atoms with Crippen molar-refractivity contribution >= 4 is 21.6 Å². The van der Waals surface area contributed by atoms with Crippen molar-refractivity contribution in [2.45, 2.75) is 38.1 Å². The Morgan fingerprint density at radius 1 is 1.18 bits per heavy atom. The van der Waals surface area contributed by atoms with Gasteiger partial charge in [0, 0.05) is 4.47 Å². The summed E-state index contributed by atoms with van der Waals surface area (Å²) in [4.78, 5) is 0. The van der Waals surface area contributed by atoms with Gasteiger partial charge in [0.05, 0.1) is 11.7 Å². The predicted molar refractivity (Wildman–Crippen MR) is 73.6 cm³/mol. The monoisotopic (exact) mass is 295 g/mol. The number of nitrogens with one attached hydrogen (secondary N) is 1. The summed E-state index contributed by atoms with van der Waals surface area (Å²) in [6.45, 7) is 0.814. The molecule has 0 amide bonds.